The molecule has 0 radical (unpaired) electrons. The van der Waals surface area contributed by atoms with Crippen molar-refractivity contribution in [3.05, 3.63) is 0 Å². The molecule has 0 aliphatic rings. The molecule has 6 heteroatoms. The fraction of sp³-hybridized carbons (Fsp3) is 0.857. The molecule has 78 valence electrons. The van der Waals surface area contributed by atoms with Gasteiger partial charge in [0.15, 0.2) is 0 Å². The summed E-state index contributed by atoms with van der Waals surface area (Å²) in [5.41, 5.74) is 0. The number of nitrogens with zero attached hydrogens (tertiary/aromatic N) is 1. The predicted molar refractivity (Wildman–Crippen MR) is 45.5 cm³/mol. The molecule has 5 N–H and O–H groups in total. The zero-order valence-corrected chi connectivity index (χ0v) is 7.28. The average Bonchev–Trinajstić information content (AvgIpc) is 2.14. The van der Waals surface area contributed by atoms with E-state index in [-0.39, 0.29) is 0 Å². The molecule has 0 saturated heterocycles. The summed E-state index contributed by atoms with van der Waals surface area (Å²) in [4.78, 5) is 3.43. The van der Waals surface area contributed by atoms with E-state index >= 15 is 0 Å². The van der Waals surface area contributed by atoms with Crippen LogP contribution in [0, 0.1) is 0 Å². The van der Waals surface area contributed by atoms with Crippen molar-refractivity contribution in [3.8, 4) is 0 Å². The van der Waals surface area contributed by atoms with Crippen LogP contribution < -0.4 is 0 Å². The molecular weight excluding hydrogens is 178 g/mol. The van der Waals surface area contributed by atoms with Crippen LogP contribution >= 0.6 is 0 Å². The van der Waals surface area contributed by atoms with Crippen LogP contribution in [0.4, 0.5) is 0 Å². The van der Waals surface area contributed by atoms with Crippen LogP contribution in [0.2, 0.25) is 0 Å². The molecule has 0 aliphatic heterocycles. The van der Waals surface area contributed by atoms with E-state index in [0.29, 0.717) is 0 Å². The summed E-state index contributed by atoms with van der Waals surface area (Å²) in [6.07, 6.45) is -4.97. The Labute approximate surface area is 75.8 Å². The smallest absolute Gasteiger partial charge is 0.117 e. The van der Waals surface area contributed by atoms with Gasteiger partial charge in [0.1, 0.15) is 24.4 Å². The number of hydrogen-bond donors (Lipinski definition) is 5. The van der Waals surface area contributed by atoms with Crippen molar-refractivity contribution in [2.45, 2.75) is 24.4 Å². The molecule has 4 atom stereocenters. The SMILES string of the molecule is C/N=C\[C@@H](O)C(O)[C@@H](O)C(O)CO. The number of hydrogen-bond acceptors (Lipinski definition) is 6. The molecule has 0 aromatic rings. The third-order valence-corrected chi connectivity index (χ3v) is 1.58. The average molecular weight is 193 g/mol. The maximum absolute atomic E-state index is 9.16. The van der Waals surface area contributed by atoms with E-state index in [1.54, 1.807) is 0 Å². The third kappa shape index (κ3) is 3.79. The van der Waals surface area contributed by atoms with E-state index in [2.05, 4.69) is 4.99 Å². The van der Waals surface area contributed by atoms with Crippen molar-refractivity contribution in [1.29, 1.82) is 0 Å². The normalized spacial score (nSPS) is 21.4. The second-order valence-corrected chi connectivity index (χ2v) is 2.63. The van der Waals surface area contributed by atoms with Crippen LogP contribution in [0.5, 0.6) is 0 Å². The first-order valence-electron chi connectivity index (χ1n) is 3.80. The number of aliphatic hydroxyl groups is 5. The van der Waals surface area contributed by atoms with Crippen LogP contribution in [-0.4, -0.2) is 69.8 Å². The molecule has 0 aromatic heterocycles. The largest absolute Gasteiger partial charge is 0.394 e. The van der Waals surface area contributed by atoms with E-state index in [4.69, 9.17) is 25.5 Å². The van der Waals surface area contributed by atoms with Gasteiger partial charge in [-0.25, -0.2) is 0 Å². The van der Waals surface area contributed by atoms with Gasteiger partial charge in [0.25, 0.3) is 0 Å². The van der Waals surface area contributed by atoms with Gasteiger partial charge >= 0.3 is 0 Å². The predicted octanol–water partition coefficient (Wildman–Crippen LogP) is -2.88. The molecule has 0 fully saturated rings. The quantitative estimate of drug-likeness (QED) is 0.301. The third-order valence-electron chi connectivity index (χ3n) is 1.58. The summed E-state index contributed by atoms with van der Waals surface area (Å²) in [6.45, 7) is -0.686. The molecule has 0 rings (SSSR count). The molecule has 13 heavy (non-hydrogen) atoms. The van der Waals surface area contributed by atoms with E-state index in [1.807, 2.05) is 0 Å². The van der Waals surface area contributed by atoms with Crippen molar-refractivity contribution in [2.24, 2.45) is 4.99 Å². The topological polar surface area (TPSA) is 114 Å². The first-order valence-corrected chi connectivity index (χ1v) is 3.80. The monoisotopic (exact) mass is 193 g/mol. The maximum Gasteiger partial charge on any atom is 0.117 e. The van der Waals surface area contributed by atoms with Crippen molar-refractivity contribution in [1.82, 2.24) is 0 Å². The van der Waals surface area contributed by atoms with Gasteiger partial charge in [0, 0.05) is 13.3 Å². The van der Waals surface area contributed by atoms with Gasteiger partial charge in [-0.15, -0.1) is 0 Å². The Morgan fingerprint density at radius 2 is 1.69 bits per heavy atom. The lowest BCUT2D eigenvalue weighted by Crippen LogP contribution is -2.46. The first-order chi connectivity index (χ1) is 6.04. The van der Waals surface area contributed by atoms with Crippen LogP contribution in [-0.2, 0) is 0 Å². The highest BCUT2D eigenvalue weighted by Gasteiger charge is 2.28. The van der Waals surface area contributed by atoms with Crippen LogP contribution in [0.1, 0.15) is 0 Å². The second kappa shape index (κ2) is 6.01. The Kier molecular flexibility index (Phi) is 5.76. The zero-order chi connectivity index (χ0) is 10.4. The Morgan fingerprint density at radius 3 is 2.08 bits per heavy atom. The second-order valence-electron chi connectivity index (χ2n) is 2.63. The molecular formula is C7H15NO5. The van der Waals surface area contributed by atoms with Gasteiger partial charge in [-0.1, -0.05) is 0 Å². The summed E-state index contributed by atoms with van der Waals surface area (Å²) < 4.78 is 0. The Hall–Kier alpha value is -0.530. The Bertz CT molecular complexity index is 163. The maximum atomic E-state index is 9.16. The van der Waals surface area contributed by atoms with Gasteiger partial charge in [-0.3, -0.25) is 4.99 Å². The fourth-order valence-corrected chi connectivity index (χ4v) is 0.779. The fourth-order valence-electron chi connectivity index (χ4n) is 0.779. The number of rotatable bonds is 5. The lowest BCUT2D eigenvalue weighted by Gasteiger charge is -2.23. The van der Waals surface area contributed by atoms with Crippen molar-refractivity contribution >= 4 is 6.21 Å². The van der Waals surface area contributed by atoms with E-state index < -0.39 is 31.0 Å². The van der Waals surface area contributed by atoms with E-state index in [1.165, 1.54) is 7.05 Å². The zero-order valence-electron chi connectivity index (χ0n) is 7.28. The van der Waals surface area contributed by atoms with Crippen molar-refractivity contribution < 1.29 is 25.5 Å². The van der Waals surface area contributed by atoms with Crippen LogP contribution in [0.15, 0.2) is 4.99 Å². The van der Waals surface area contributed by atoms with Gasteiger partial charge in [-0.05, 0) is 0 Å². The first kappa shape index (κ1) is 12.5. The minimum Gasteiger partial charge on any atom is -0.394 e. The molecule has 2 unspecified atom stereocenters. The van der Waals surface area contributed by atoms with Gasteiger partial charge in [-0.2, -0.15) is 0 Å². The van der Waals surface area contributed by atoms with Crippen molar-refractivity contribution in [2.75, 3.05) is 13.7 Å². The summed E-state index contributed by atoms with van der Waals surface area (Å²) >= 11 is 0. The van der Waals surface area contributed by atoms with Crippen molar-refractivity contribution in [3.63, 3.8) is 0 Å². The molecule has 0 heterocycles. The van der Waals surface area contributed by atoms with Gasteiger partial charge in [0.2, 0.25) is 0 Å². The summed E-state index contributed by atoms with van der Waals surface area (Å²) in [7, 11) is 1.39. The standard InChI is InChI=1S/C7H15NO5/c1-8-2-4(10)6(12)7(13)5(11)3-9/h2,4-7,9-13H,3H2,1H3/b8-2-/t4-,5?,6?,7+/m1/s1. The summed E-state index contributed by atoms with van der Waals surface area (Å²) in [6, 6.07) is 0. The highest BCUT2D eigenvalue weighted by atomic mass is 16.4. The highest BCUT2D eigenvalue weighted by molar-refractivity contribution is 5.63. The molecule has 0 amide bonds. The molecule has 0 saturated carbocycles. The minimum atomic E-state index is -1.60. The van der Waals surface area contributed by atoms with Crippen LogP contribution in [0.25, 0.3) is 0 Å². The lowest BCUT2D eigenvalue weighted by atomic mass is 10.0. The number of aliphatic hydroxyl groups excluding tert-OH is 5. The summed E-state index contributed by atoms with van der Waals surface area (Å²) in [5.74, 6) is 0. The Balaban J connectivity index is 4.15. The highest BCUT2D eigenvalue weighted by Crippen LogP contribution is 2.03. The molecule has 0 aliphatic carbocycles. The van der Waals surface area contributed by atoms with Crippen LogP contribution in [0.3, 0.4) is 0 Å². The lowest BCUT2D eigenvalue weighted by molar-refractivity contribution is -0.0999. The minimum absolute atomic E-state index is 0.686. The number of aliphatic imine (C=N–C) groups is 1. The van der Waals surface area contributed by atoms with E-state index in [0.717, 1.165) is 6.21 Å². The molecule has 0 spiro atoms. The molecule has 6 nitrogen and oxygen atoms in total. The molecule has 0 aromatic carbocycles. The van der Waals surface area contributed by atoms with Gasteiger partial charge < -0.3 is 25.5 Å². The van der Waals surface area contributed by atoms with E-state index in [9.17, 15) is 0 Å². The Morgan fingerprint density at radius 1 is 1.15 bits per heavy atom. The molecule has 0 bridgehead atoms. The summed E-state index contributed by atoms with van der Waals surface area (Å²) in [5, 5.41) is 44.7. The van der Waals surface area contributed by atoms with Gasteiger partial charge in [0.05, 0.1) is 6.61 Å².